The van der Waals surface area contributed by atoms with Gasteiger partial charge in [0.15, 0.2) is 0 Å². The summed E-state index contributed by atoms with van der Waals surface area (Å²) in [6.45, 7) is 10.1. The summed E-state index contributed by atoms with van der Waals surface area (Å²) in [6.07, 6.45) is 5.42. The number of hydrogen-bond acceptors (Lipinski definition) is 4. The Balaban J connectivity index is 1.15. The minimum absolute atomic E-state index is 0.0413. The van der Waals surface area contributed by atoms with Crippen LogP contribution >= 0.6 is 0 Å². The second-order valence-electron chi connectivity index (χ2n) is 12.3. The van der Waals surface area contributed by atoms with E-state index >= 15 is 0 Å². The molecule has 2 aliphatic rings. The Kier molecular flexibility index (Phi) is 9.93. The van der Waals surface area contributed by atoms with Gasteiger partial charge in [-0.25, -0.2) is 0 Å². The van der Waals surface area contributed by atoms with Gasteiger partial charge in [-0.1, -0.05) is 63.4 Å². The Bertz CT molecular complexity index is 1420. The van der Waals surface area contributed by atoms with Gasteiger partial charge < -0.3 is 15.5 Å². The van der Waals surface area contributed by atoms with Crippen LogP contribution in [0.2, 0.25) is 0 Å². The summed E-state index contributed by atoms with van der Waals surface area (Å²) in [5, 5.41) is 6.13. The third-order valence-electron chi connectivity index (χ3n) is 8.74. The van der Waals surface area contributed by atoms with Crippen molar-refractivity contribution in [2.45, 2.75) is 59.4 Å². The fourth-order valence-corrected chi connectivity index (χ4v) is 6.07. The molecule has 5 rings (SSSR count). The van der Waals surface area contributed by atoms with E-state index in [0.29, 0.717) is 5.56 Å². The highest BCUT2D eigenvalue weighted by Gasteiger charge is 2.23. The van der Waals surface area contributed by atoms with Crippen molar-refractivity contribution in [3.05, 3.63) is 83.4 Å². The molecule has 0 unspecified atom stereocenters. The van der Waals surface area contributed by atoms with E-state index < -0.39 is 0 Å². The molecule has 7 nitrogen and oxygen atoms in total. The molecule has 226 valence electrons. The summed E-state index contributed by atoms with van der Waals surface area (Å²) in [5.74, 6) is 0.340. The smallest absolute Gasteiger partial charge is 0.255 e. The van der Waals surface area contributed by atoms with Crippen LogP contribution in [0.3, 0.4) is 0 Å². The summed E-state index contributed by atoms with van der Waals surface area (Å²) in [7, 11) is 0. The van der Waals surface area contributed by atoms with E-state index in [1.807, 2.05) is 85.5 Å². The second kappa shape index (κ2) is 14.0. The molecule has 1 saturated heterocycles. The number of carbonyl (C=O) groups is 3. The molecule has 3 aromatic carbocycles. The van der Waals surface area contributed by atoms with E-state index in [-0.39, 0.29) is 29.6 Å². The Morgan fingerprint density at radius 3 is 2.09 bits per heavy atom. The van der Waals surface area contributed by atoms with Gasteiger partial charge in [-0.3, -0.25) is 19.3 Å². The zero-order valence-electron chi connectivity index (χ0n) is 25.7. The molecular formula is C36H44N4O3. The molecule has 43 heavy (non-hydrogen) atoms. The normalized spacial score (nSPS) is 16.2. The van der Waals surface area contributed by atoms with Crippen LogP contribution in [0.4, 0.5) is 11.4 Å². The van der Waals surface area contributed by atoms with Crippen molar-refractivity contribution in [3.8, 4) is 11.1 Å². The first-order valence-electron chi connectivity index (χ1n) is 15.7. The predicted molar refractivity (Wildman–Crippen MR) is 173 cm³/mol. The van der Waals surface area contributed by atoms with Crippen LogP contribution in [0.1, 0.15) is 67.4 Å². The van der Waals surface area contributed by atoms with Crippen molar-refractivity contribution in [1.82, 2.24) is 9.80 Å². The maximum absolute atomic E-state index is 13.0. The average molecular weight is 581 g/mol. The first-order valence-corrected chi connectivity index (χ1v) is 15.7. The molecule has 1 saturated carbocycles. The Hall–Kier alpha value is -3.97. The number of nitrogens with one attached hydrogen (secondary N) is 2. The molecular weight excluding hydrogens is 536 g/mol. The summed E-state index contributed by atoms with van der Waals surface area (Å²) >= 11 is 0. The van der Waals surface area contributed by atoms with Crippen molar-refractivity contribution in [1.29, 1.82) is 0 Å². The number of rotatable bonds is 8. The summed E-state index contributed by atoms with van der Waals surface area (Å²) in [6, 6.07) is 21.6. The lowest BCUT2D eigenvalue weighted by molar-refractivity contribution is -0.136. The summed E-state index contributed by atoms with van der Waals surface area (Å²) < 4.78 is 0. The maximum Gasteiger partial charge on any atom is 0.255 e. The lowest BCUT2D eigenvalue weighted by Gasteiger charge is -2.35. The SMILES string of the molecule is Cc1ccc(NC(=O)C2CCCCC2)cc1-c1ccc(C(=O)Nc2ccc(CN3CCN(C(=O)C(C)C)CC3)cc2)cc1. The van der Waals surface area contributed by atoms with E-state index in [1.165, 1.54) is 12.0 Å². The van der Waals surface area contributed by atoms with E-state index in [1.54, 1.807) is 0 Å². The second-order valence-corrected chi connectivity index (χ2v) is 12.3. The van der Waals surface area contributed by atoms with Gasteiger partial charge in [-0.15, -0.1) is 0 Å². The van der Waals surface area contributed by atoms with Gasteiger partial charge in [0.1, 0.15) is 0 Å². The molecule has 0 aromatic heterocycles. The van der Waals surface area contributed by atoms with Crippen molar-refractivity contribution in [2.24, 2.45) is 11.8 Å². The van der Waals surface area contributed by atoms with Gasteiger partial charge >= 0.3 is 0 Å². The summed E-state index contributed by atoms with van der Waals surface area (Å²) in [4.78, 5) is 42.3. The van der Waals surface area contributed by atoms with Crippen LogP contribution in [0.5, 0.6) is 0 Å². The zero-order chi connectivity index (χ0) is 30.3. The largest absolute Gasteiger partial charge is 0.340 e. The number of carbonyl (C=O) groups excluding carboxylic acids is 3. The molecule has 1 aliphatic carbocycles. The predicted octanol–water partition coefficient (Wildman–Crippen LogP) is 6.73. The minimum Gasteiger partial charge on any atom is -0.340 e. The van der Waals surface area contributed by atoms with E-state index in [9.17, 15) is 14.4 Å². The first-order chi connectivity index (χ1) is 20.8. The maximum atomic E-state index is 13.0. The Morgan fingerprint density at radius 2 is 1.44 bits per heavy atom. The topological polar surface area (TPSA) is 81.8 Å². The van der Waals surface area contributed by atoms with E-state index in [2.05, 4.69) is 22.5 Å². The molecule has 2 N–H and O–H groups in total. The molecule has 1 heterocycles. The van der Waals surface area contributed by atoms with Gasteiger partial charge in [-0.05, 0) is 78.4 Å². The molecule has 3 aromatic rings. The molecule has 0 atom stereocenters. The Labute approximate surface area is 255 Å². The first kappa shape index (κ1) is 30.5. The monoisotopic (exact) mass is 580 g/mol. The van der Waals surface area contributed by atoms with Crippen LogP contribution in [0.15, 0.2) is 66.7 Å². The highest BCUT2D eigenvalue weighted by Crippen LogP contribution is 2.29. The number of amides is 3. The van der Waals surface area contributed by atoms with Gasteiger partial charge in [0.2, 0.25) is 11.8 Å². The number of piperazine rings is 1. The quantitative estimate of drug-likeness (QED) is 0.309. The molecule has 0 radical (unpaired) electrons. The molecule has 1 aliphatic heterocycles. The fourth-order valence-electron chi connectivity index (χ4n) is 6.07. The Morgan fingerprint density at radius 1 is 0.791 bits per heavy atom. The minimum atomic E-state index is -0.157. The fraction of sp³-hybridized carbons (Fsp3) is 0.417. The van der Waals surface area contributed by atoms with E-state index in [4.69, 9.17) is 0 Å². The average Bonchev–Trinajstić information content (AvgIpc) is 3.03. The zero-order valence-corrected chi connectivity index (χ0v) is 25.7. The molecule has 0 bridgehead atoms. The van der Waals surface area contributed by atoms with Gasteiger partial charge in [0, 0.05) is 61.5 Å². The molecule has 7 heteroatoms. The lowest BCUT2D eigenvalue weighted by atomic mass is 9.88. The van der Waals surface area contributed by atoms with Crippen molar-refractivity contribution in [2.75, 3.05) is 36.8 Å². The molecule has 2 fully saturated rings. The number of hydrogen-bond donors (Lipinski definition) is 2. The van der Waals surface area contributed by atoms with Gasteiger partial charge in [0.25, 0.3) is 5.91 Å². The standard InChI is InChI=1S/C36H44N4O3/c1-25(2)36(43)40-21-19-39(20-22-40)24-27-10-17-31(18-11-27)37-35(42)30-14-12-28(13-15-30)33-23-32(16-9-26(33)3)38-34(41)29-7-5-4-6-8-29/h9-18,23,25,29H,4-8,19-22,24H2,1-3H3,(H,37,42)(H,38,41). The van der Waals surface area contributed by atoms with Crippen LogP contribution in [0, 0.1) is 18.8 Å². The number of anilines is 2. The van der Waals surface area contributed by atoms with Crippen LogP contribution in [0.25, 0.3) is 11.1 Å². The molecule has 0 spiro atoms. The van der Waals surface area contributed by atoms with Crippen molar-refractivity contribution in [3.63, 3.8) is 0 Å². The van der Waals surface area contributed by atoms with Crippen LogP contribution < -0.4 is 10.6 Å². The highest BCUT2D eigenvalue weighted by atomic mass is 16.2. The van der Waals surface area contributed by atoms with Crippen LogP contribution in [-0.4, -0.2) is 53.7 Å². The number of nitrogens with zero attached hydrogens (tertiary/aromatic N) is 2. The van der Waals surface area contributed by atoms with Crippen molar-refractivity contribution < 1.29 is 14.4 Å². The summed E-state index contributed by atoms with van der Waals surface area (Å²) in [5.41, 5.74) is 6.48. The van der Waals surface area contributed by atoms with Crippen LogP contribution in [-0.2, 0) is 16.1 Å². The van der Waals surface area contributed by atoms with E-state index in [0.717, 1.165) is 86.5 Å². The third kappa shape index (κ3) is 7.90. The number of benzene rings is 3. The lowest BCUT2D eigenvalue weighted by Crippen LogP contribution is -2.49. The van der Waals surface area contributed by atoms with Crippen molar-refractivity contribution >= 4 is 29.1 Å². The number of aryl methyl sites for hydroxylation is 1. The van der Waals surface area contributed by atoms with Gasteiger partial charge in [0.05, 0.1) is 0 Å². The van der Waals surface area contributed by atoms with Gasteiger partial charge in [-0.2, -0.15) is 0 Å². The third-order valence-corrected chi connectivity index (χ3v) is 8.74. The molecule has 3 amide bonds. The highest BCUT2D eigenvalue weighted by molar-refractivity contribution is 6.04.